The largest absolute Gasteiger partial charge is 0.497 e. The Kier molecular flexibility index (Phi) is 4.79. The molecule has 31 heavy (non-hydrogen) atoms. The van der Waals surface area contributed by atoms with Gasteiger partial charge in [0.25, 0.3) is 0 Å². The molecule has 162 valence electrons. The Labute approximate surface area is 182 Å². The highest BCUT2D eigenvalue weighted by Crippen LogP contribution is 2.54. The highest BCUT2D eigenvalue weighted by atomic mass is 32.2. The number of aromatic amines is 1. The molecular weight excluding hydrogens is 412 g/mol. The minimum absolute atomic E-state index is 0.454. The van der Waals surface area contributed by atoms with Crippen molar-refractivity contribution in [2.75, 3.05) is 31.4 Å². The smallest absolute Gasteiger partial charge is 0.169 e. The van der Waals surface area contributed by atoms with E-state index >= 15 is 0 Å². The molecule has 0 saturated carbocycles. The molecule has 0 radical (unpaired) electrons. The van der Waals surface area contributed by atoms with Gasteiger partial charge in [0.05, 0.1) is 7.11 Å². The van der Waals surface area contributed by atoms with Gasteiger partial charge in [0.2, 0.25) is 0 Å². The summed E-state index contributed by atoms with van der Waals surface area (Å²) in [4.78, 5) is 9.96. The Morgan fingerprint density at radius 2 is 1.90 bits per heavy atom. The molecule has 1 fully saturated rings. The lowest BCUT2D eigenvalue weighted by atomic mass is 9.74. The summed E-state index contributed by atoms with van der Waals surface area (Å²) >= 11 is 0. The number of para-hydroxylation sites is 1. The van der Waals surface area contributed by atoms with Crippen molar-refractivity contribution < 1.29 is 13.2 Å². The highest BCUT2D eigenvalue weighted by molar-refractivity contribution is 7.91. The van der Waals surface area contributed by atoms with E-state index < -0.39 is 20.6 Å². The average Bonchev–Trinajstić information content (AvgIpc) is 3.36. The number of methoxy groups -OCH3 is 1. The molecule has 2 aromatic carbocycles. The van der Waals surface area contributed by atoms with E-state index in [9.17, 15) is 8.42 Å². The number of piperidine rings is 1. The van der Waals surface area contributed by atoms with Gasteiger partial charge in [0.15, 0.2) is 15.7 Å². The van der Waals surface area contributed by atoms with Crippen LogP contribution in [0.4, 0.5) is 11.5 Å². The number of ether oxygens (including phenoxy) is 1. The molecule has 1 unspecified atom stereocenters. The quantitative estimate of drug-likeness (QED) is 0.650. The summed E-state index contributed by atoms with van der Waals surface area (Å²) in [5.74, 6) is 2.02. The molecule has 0 aliphatic carbocycles. The van der Waals surface area contributed by atoms with Crippen molar-refractivity contribution in [3.8, 4) is 17.1 Å². The number of nitrogens with zero attached hydrogens (tertiary/aromatic N) is 2. The van der Waals surface area contributed by atoms with Crippen LogP contribution in [0.2, 0.25) is 0 Å². The first-order valence-corrected chi connectivity index (χ1v) is 12.4. The fourth-order valence-electron chi connectivity index (χ4n) is 5.20. The number of H-pyrrole nitrogens is 1. The summed E-state index contributed by atoms with van der Waals surface area (Å²) in [7, 11) is -1.79. The molecule has 1 atom stereocenters. The molecule has 1 aromatic heterocycles. The van der Waals surface area contributed by atoms with Gasteiger partial charge in [-0.2, -0.15) is 0 Å². The van der Waals surface area contributed by atoms with Crippen molar-refractivity contribution >= 4 is 21.3 Å². The van der Waals surface area contributed by atoms with Crippen LogP contribution < -0.4 is 15.0 Å². The summed E-state index contributed by atoms with van der Waals surface area (Å²) in [5.41, 5.74) is 2.44. The molecule has 2 N–H and O–H groups in total. The van der Waals surface area contributed by atoms with Crippen LogP contribution in [0.25, 0.3) is 11.4 Å². The summed E-state index contributed by atoms with van der Waals surface area (Å²) in [6, 6.07) is 15.7. The van der Waals surface area contributed by atoms with E-state index in [2.05, 4.69) is 16.4 Å². The van der Waals surface area contributed by atoms with Gasteiger partial charge in [-0.15, -0.1) is 0 Å². The zero-order valence-electron chi connectivity index (χ0n) is 17.6. The Bertz CT molecular complexity index is 1210. The number of sulfone groups is 1. The SMILES string of the molecule is COc1cccc(-c2nc(N3c4ccccc4C4(CCNCC4)C3S(C)(=O)=O)c[nH]2)c1. The summed E-state index contributed by atoms with van der Waals surface area (Å²) in [6.07, 6.45) is 4.68. The minimum atomic E-state index is -3.42. The van der Waals surface area contributed by atoms with Crippen molar-refractivity contribution in [3.63, 3.8) is 0 Å². The van der Waals surface area contributed by atoms with E-state index in [0.29, 0.717) is 11.6 Å². The first-order chi connectivity index (χ1) is 14.9. The van der Waals surface area contributed by atoms with Crippen LogP contribution in [-0.2, 0) is 15.3 Å². The number of hydrogen-bond donors (Lipinski definition) is 2. The number of fused-ring (bicyclic) bond motifs is 2. The third-order valence-corrected chi connectivity index (χ3v) is 7.94. The molecule has 0 bridgehead atoms. The van der Waals surface area contributed by atoms with Crippen LogP contribution in [-0.4, -0.2) is 50.2 Å². The summed E-state index contributed by atoms with van der Waals surface area (Å²) < 4.78 is 31.7. The Hall–Kier alpha value is -2.84. The minimum Gasteiger partial charge on any atom is -0.497 e. The lowest BCUT2D eigenvalue weighted by molar-refractivity contribution is 0.308. The maximum Gasteiger partial charge on any atom is 0.169 e. The second kappa shape index (κ2) is 7.39. The molecular formula is C23H26N4O3S. The van der Waals surface area contributed by atoms with E-state index in [-0.39, 0.29) is 0 Å². The van der Waals surface area contributed by atoms with Gasteiger partial charge in [-0.25, -0.2) is 13.4 Å². The van der Waals surface area contributed by atoms with E-state index in [4.69, 9.17) is 9.72 Å². The van der Waals surface area contributed by atoms with Crippen molar-refractivity contribution in [2.24, 2.45) is 0 Å². The van der Waals surface area contributed by atoms with Gasteiger partial charge >= 0.3 is 0 Å². The molecule has 7 nitrogen and oxygen atoms in total. The molecule has 2 aliphatic heterocycles. The topological polar surface area (TPSA) is 87.3 Å². The van der Waals surface area contributed by atoms with Gasteiger partial charge in [0, 0.05) is 29.1 Å². The Balaban J connectivity index is 1.65. The molecule has 3 aromatic rings. The third-order valence-electron chi connectivity index (χ3n) is 6.46. The molecule has 1 spiro atoms. The van der Waals surface area contributed by atoms with Crippen LogP contribution in [0.15, 0.2) is 54.7 Å². The van der Waals surface area contributed by atoms with Crippen molar-refractivity contribution in [2.45, 2.75) is 23.6 Å². The number of hydrogen-bond acceptors (Lipinski definition) is 6. The Morgan fingerprint density at radius 1 is 1.13 bits per heavy atom. The van der Waals surface area contributed by atoms with Gasteiger partial charge in [0.1, 0.15) is 16.9 Å². The predicted octanol–water partition coefficient (Wildman–Crippen LogP) is 3.23. The van der Waals surface area contributed by atoms with Gasteiger partial charge in [-0.1, -0.05) is 30.3 Å². The molecule has 2 aliphatic rings. The summed E-state index contributed by atoms with van der Waals surface area (Å²) in [5, 5.41) is 2.69. The van der Waals surface area contributed by atoms with Crippen LogP contribution in [0.3, 0.4) is 0 Å². The third kappa shape index (κ3) is 3.21. The fourth-order valence-corrected chi connectivity index (χ4v) is 6.99. The maximum absolute atomic E-state index is 13.2. The van der Waals surface area contributed by atoms with E-state index in [1.54, 1.807) is 13.3 Å². The number of anilines is 2. The predicted molar refractivity (Wildman–Crippen MR) is 122 cm³/mol. The normalized spacial score (nSPS) is 20.1. The number of nitrogens with one attached hydrogen (secondary N) is 2. The molecule has 5 rings (SSSR count). The number of aromatic nitrogens is 2. The van der Waals surface area contributed by atoms with Gasteiger partial charge < -0.3 is 19.9 Å². The van der Waals surface area contributed by atoms with Gasteiger partial charge in [-0.05, 0) is 49.7 Å². The Morgan fingerprint density at radius 3 is 2.65 bits per heavy atom. The van der Waals surface area contributed by atoms with Crippen molar-refractivity contribution in [3.05, 3.63) is 60.3 Å². The van der Waals surface area contributed by atoms with Crippen LogP contribution in [0.1, 0.15) is 18.4 Å². The highest BCUT2D eigenvalue weighted by Gasteiger charge is 2.56. The second-order valence-electron chi connectivity index (χ2n) is 8.31. The number of benzene rings is 2. The van der Waals surface area contributed by atoms with Crippen LogP contribution in [0.5, 0.6) is 5.75 Å². The molecule has 0 amide bonds. The summed E-state index contributed by atoms with van der Waals surface area (Å²) in [6.45, 7) is 1.59. The van der Waals surface area contributed by atoms with Crippen LogP contribution in [0, 0.1) is 0 Å². The van der Waals surface area contributed by atoms with Gasteiger partial charge in [-0.3, -0.25) is 0 Å². The first kappa shape index (κ1) is 20.1. The van der Waals surface area contributed by atoms with Crippen LogP contribution >= 0.6 is 0 Å². The second-order valence-corrected chi connectivity index (χ2v) is 10.4. The average molecular weight is 439 g/mol. The van der Waals surface area contributed by atoms with E-state index in [1.807, 2.05) is 47.4 Å². The van der Waals surface area contributed by atoms with E-state index in [1.165, 1.54) is 6.26 Å². The molecule has 1 saturated heterocycles. The fraction of sp³-hybridized carbons (Fsp3) is 0.348. The zero-order chi connectivity index (χ0) is 21.6. The zero-order valence-corrected chi connectivity index (χ0v) is 18.4. The van der Waals surface area contributed by atoms with E-state index in [0.717, 1.165) is 48.5 Å². The first-order valence-electron chi connectivity index (χ1n) is 10.4. The molecule has 3 heterocycles. The lowest BCUT2D eigenvalue weighted by Gasteiger charge is -2.40. The monoisotopic (exact) mass is 438 g/mol. The number of rotatable bonds is 4. The lowest BCUT2D eigenvalue weighted by Crippen LogP contribution is -2.52. The number of imidazole rings is 1. The van der Waals surface area contributed by atoms with Crippen molar-refractivity contribution in [1.29, 1.82) is 0 Å². The molecule has 8 heteroatoms. The maximum atomic E-state index is 13.2. The standard InChI is InChI=1S/C23H26N4O3S/c1-30-17-7-5-6-16(14-17)21-25-15-20(26-21)27-19-9-4-3-8-18(19)23(10-12-24-13-11-23)22(27)31(2,28)29/h3-9,14-15,22,24H,10-13H2,1-2H3,(H,25,26). The van der Waals surface area contributed by atoms with Crippen molar-refractivity contribution in [1.82, 2.24) is 15.3 Å².